The summed E-state index contributed by atoms with van der Waals surface area (Å²) in [7, 11) is -5.72. The van der Waals surface area contributed by atoms with Crippen molar-refractivity contribution in [3.05, 3.63) is 47.2 Å². The summed E-state index contributed by atoms with van der Waals surface area (Å²) in [4.78, 5) is 1.83. The van der Waals surface area contributed by atoms with Crippen LogP contribution in [-0.4, -0.2) is 31.4 Å². The number of hydrogen-bond donors (Lipinski definition) is 0. The van der Waals surface area contributed by atoms with Crippen molar-refractivity contribution in [2.45, 2.75) is 44.0 Å². The van der Waals surface area contributed by atoms with E-state index in [1.165, 1.54) is 18.2 Å². The molecule has 1 unspecified atom stereocenters. The number of nitrogens with zero attached hydrogens (tertiary/aromatic N) is 1. The molecule has 0 fully saturated rings. The lowest BCUT2D eigenvalue weighted by Crippen LogP contribution is -2.39. The van der Waals surface area contributed by atoms with Gasteiger partial charge in [-0.25, -0.2) is 0 Å². The summed E-state index contributed by atoms with van der Waals surface area (Å²) in [5.41, 5.74) is -5.68. The molecule has 0 saturated carbocycles. The molecule has 0 N–H and O–H groups in total. The largest absolute Gasteiger partial charge is 0.534 e. The van der Waals surface area contributed by atoms with Crippen molar-refractivity contribution < 1.29 is 38.9 Å². The molecule has 4 nitrogen and oxygen atoms in total. The Morgan fingerprint density at radius 1 is 1.11 bits per heavy atom. The Morgan fingerprint density at radius 2 is 1.70 bits per heavy atom. The summed E-state index contributed by atoms with van der Waals surface area (Å²) in [5, 5.41) is 0. The molecule has 0 amide bonds. The molecular formula is C16H17F6NO3S. The summed E-state index contributed by atoms with van der Waals surface area (Å²) in [6.07, 6.45) is -2.76. The quantitative estimate of drug-likeness (QED) is 0.404. The monoisotopic (exact) mass is 417 g/mol. The van der Waals surface area contributed by atoms with E-state index in [0.717, 1.165) is 12.1 Å². The molecule has 0 bridgehead atoms. The maximum Gasteiger partial charge on any atom is 0.534 e. The Hall–Kier alpha value is -1.75. The Labute approximate surface area is 152 Å². The van der Waals surface area contributed by atoms with Gasteiger partial charge in [-0.05, 0) is 30.2 Å². The van der Waals surface area contributed by atoms with Crippen LogP contribution in [0, 0.1) is 0 Å². The molecule has 0 radical (unpaired) electrons. The maximum atomic E-state index is 12.6. The smallest absolute Gasteiger partial charge is 0.381 e. The third kappa shape index (κ3) is 5.38. The second-order valence-electron chi connectivity index (χ2n) is 6.04. The van der Waals surface area contributed by atoms with Crippen LogP contribution >= 0.6 is 0 Å². The molecule has 2 rings (SSSR count). The van der Waals surface area contributed by atoms with E-state index in [1.54, 1.807) is 6.92 Å². The molecule has 1 aliphatic heterocycles. The standard InChI is InChI=1S/C16H17F6NO3S/c1-2-13-9-14(26-27(24,25)16(20,21)22)7-8-23(13)10-11-3-5-12(6-4-11)15(17,18)19/h3-7,13H,2,8-10H2,1H3. The van der Waals surface area contributed by atoms with Gasteiger partial charge in [0.1, 0.15) is 5.76 Å². The van der Waals surface area contributed by atoms with Crippen LogP contribution in [0.3, 0.4) is 0 Å². The van der Waals surface area contributed by atoms with Gasteiger partial charge in [0.05, 0.1) is 5.56 Å². The zero-order valence-corrected chi connectivity index (χ0v) is 15.0. The van der Waals surface area contributed by atoms with Gasteiger partial charge < -0.3 is 4.18 Å². The molecule has 1 aliphatic rings. The van der Waals surface area contributed by atoms with Crippen molar-refractivity contribution in [1.82, 2.24) is 4.90 Å². The van der Waals surface area contributed by atoms with E-state index in [2.05, 4.69) is 4.18 Å². The maximum absolute atomic E-state index is 12.6. The molecule has 1 heterocycles. The predicted octanol–water partition coefficient (Wildman–Crippen LogP) is 4.44. The van der Waals surface area contributed by atoms with Gasteiger partial charge in [-0.15, -0.1) is 0 Å². The Kier molecular flexibility index (Phi) is 6.15. The van der Waals surface area contributed by atoms with Gasteiger partial charge in [0.15, 0.2) is 0 Å². The fraction of sp³-hybridized carbons (Fsp3) is 0.500. The minimum Gasteiger partial charge on any atom is -0.381 e. The number of halogens is 6. The van der Waals surface area contributed by atoms with E-state index in [0.29, 0.717) is 12.0 Å². The van der Waals surface area contributed by atoms with Crippen molar-refractivity contribution >= 4 is 10.1 Å². The molecule has 1 atom stereocenters. The van der Waals surface area contributed by atoms with Crippen LogP contribution in [0.25, 0.3) is 0 Å². The summed E-state index contributed by atoms with van der Waals surface area (Å²) < 4.78 is 101. The topological polar surface area (TPSA) is 46.6 Å². The van der Waals surface area contributed by atoms with Crippen LogP contribution in [0.5, 0.6) is 0 Å². The zero-order chi connectivity index (χ0) is 20.5. The van der Waals surface area contributed by atoms with Gasteiger partial charge in [0.25, 0.3) is 0 Å². The Balaban J connectivity index is 2.09. The average molecular weight is 417 g/mol. The van der Waals surface area contributed by atoms with Gasteiger partial charge in [-0.1, -0.05) is 19.1 Å². The van der Waals surface area contributed by atoms with E-state index >= 15 is 0 Å². The molecule has 0 aliphatic carbocycles. The average Bonchev–Trinajstić information content (AvgIpc) is 2.54. The third-order valence-corrected chi connectivity index (χ3v) is 5.15. The summed E-state index contributed by atoms with van der Waals surface area (Å²) >= 11 is 0. The van der Waals surface area contributed by atoms with E-state index < -0.39 is 27.4 Å². The van der Waals surface area contributed by atoms with E-state index in [4.69, 9.17) is 0 Å². The highest BCUT2D eigenvalue weighted by Gasteiger charge is 2.49. The second kappa shape index (κ2) is 7.70. The molecule has 27 heavy (non-hydrogen) atoms. The lowest BCUT2D eigenvalue weighted by atomic mass is 10.0. The first kappa shape index (κ1) is 21.5. The highest BCUT2D eigenvalue weighted by molar-refractivity contribution is 7.87. The molecule has 0 spiro atoms. The SMILES string of the molecule is CCC1CC(OS(=O)(=O)C(F)(F)F)=CCN1Cc1ccc(C(F)(F)F)cc1. The second-order valence-corrected chi connectivity index (χ2v) is 7.58. The molecule has 0 aromatic heterocycles. The van der Waals surface area contributed by atoms with E-state index in [9.17, 15) is 34.8 Å². The third-order valence-electron chi connectivity index (χ3n) is 4.15. The molecule has 152 valence electrons. The van der Waals surface area contributed by atoms with Gasteiger partial charge in [-0.2, -0.15) is 34.8 Å². The zero-order valence-electron chi connectivity index (χ0n) is 14.1. The van der Waals surface area contributed by atoms with Gasteiger partial charge in [-0.3, -0.25) is 4.90 Å². The fourth-order valence-corrected chi connectivity index (χ4v) is 3.21. The van der Waals surface area contributed by atoms with E-state index in [1.807, 2.05) is 4.90 Å². The van der Waals surface area contributed by atoms with Crippen LogP contribution in [0.2, 0.25) is 0 Å². The number of hydrogen-bond acceptors (Lipinski definition) is 4. The number of rotatable bonds is 5. The molecule has 11 heteroatoms. The van der Waals surface area contributed by atoms with Crippen molar-refractivity contribution in [3.63, 3.8) is 0 Å². The van der Waals surface area contributed by atoms with Gasteiger partial charge in [0, 0.05) is 25.6 Å². The first-order valence-electron chi connectivity index (χ1n) is 7.93. The molecule has 1 aromatic carbocycles. The van der Waals surface area contributed by atoms with Crippen molar-refractivity contribution in [2.75, 3.05) is 6.54 Å². The van der Waals surface area contributed by atoms with Crippen molar-refractivity contribution in [3.8, 4) is 0 Å². The van der Waals surface area contributed by atoms with Crippen LogP contribution < -0.4 is 0 Å². The van der Waals surface area contributed by atoms with Gasteiger partial charge in [0.2, 0.25) is 0 Å². The minimum atomic E-state index is -5.72. The van der Waals surface area contributed by atoms with Crippen molar-refractivity contribution in [1.29, 1.82) is 0 Å². The highest BCUT2D eigenvalue weighted by Crippen LogP contribution is 2.32. The van der Waals surface area contributed by atoms with Crippen molar-refractivity contribution in [2.24, 2.45) is 0 Å². The summed E-state index contributed by atoms with van der Waals surface area (Å²) in [5.74, 6) is -0.289. The minimum absolute atomic E-state index is 0.0492. The summed E-state index contributed by atoms with van der Waals surface area (Å²) in [6.45, 7) is 2.15. The first-order chi connectivity index (χ1) is 12.3. The fourth-order valence-electron chi connectivity index (χ4n) is 2.70. The normalized spacial score (nSPS) is 19.7. The molecule has 0 saturated heterocycles. The van der Waals surface area contributed by atoms with Crippen LogP contribution in [0.4, 0.5) is 26.3 Å². The van der Waals surface area contributed by atoms with E-state index in [-0.39, 0.29) is 31.3 Å². The summed E-state index contributed by atoms with van der Waals surface area (Å²) in [6, 6.07) is 4.27. The Bertz CT molecular complexity index is 784. The van der Waals surface area contributed by atoms with Crippen LogP contribution in [0.1, 0.15) is 30.9 Å². The lowest BCUT2D eigenvalue weighted by molar-refractivity contribution is -0.137. The molecule has 1 aromatic rings. The van der Waals surface area contributed by atoms with Gasteiger partial charge >= 0.3 is 21.8 Å². The molecular weight excluding hydrogens is 400 g/mol. The lowest BCUT2D eigenvalue weighted by Gasteiger charge is -2.34. The Morgan fingerprint density at radius 3 is 2.19 bits per heavy atom. The highest BCUT2D eigenvalue weighted by atomic mass is 32.2. The predicted molar refractivity (Wildman–Crippen MR) is 84.7 cm³/mol. The van der Waals surface area contributed by atoms with Crippen LogP contribution in [-0.2, 0) is 27.0 Å². The number of alkyl halides is 6. The number of benzene rings is 1. The van der Waals surface area contributed by atoms with Crippen LogP contribution in [0.15, 0.2) is 36.1 Å². The first-order valence-corrected chi connectivity index (χ1v) is 9.34.